The van der Waals surface area contributed by atoms with Gasteiger partial charge in [0.05, 0.1) is 12.1 Å². The van der Waals surface area contributed by atoms with Crippen molar-refractivity contribution in [2.45, 2.75) is 57.1 Å². The fourth-order valence-electron chi connectivity index (χ4n) is 3.86. The maximum atomic E-state index is 14.1. The zero-order chi connectivity index (χ0) is 25.4. The number of alkyl halides is 2. The third-order valence-electron chi connectivity index (χ3n) is 5.93. The van der Waals surface area contributed by atoms with E-state index in [1.807, 2.05) is 37.3 Å². The van der Waals surface area contributed by atoms with Crippen molar-refractivity contribution in [3.05, 3.63) is 69.9 Å². The van der Waals surface area contributed by atoms with E-state index in [0.717, 1.165) is 26.7 Å². The van der Waals surface area contributed by atoms with Gasteiger partial charge in [-0.2, -0.15) is 8.78 Å². The first-order chi connectivity index (χ1) is 16.7. The summed E-state index contributed by atoms with van der Waals surface area (Å²) in [7, 11) is 0. The van der Waals surface area contributed by atoms with E-state index in [1.54, 1.807) is 6.07 Å². The number of carbonyl (C=O) groups excluding carboxylic acids is 1. The summed E-state index contributed by atoms with van der Waals surface area (Å²) in [6, 6.07) is 12.2. The minimum atomic E-state index is -3.44. The van der Waals surface area contributed by atoms with Gasteiger partial charge in [-0.1, -0.05) is 55.3 Å². The van der Waals surface area contributed by atoms with Crippen LogP contribution in [-0.4, -0.2) is 51.6 Å². The average Bonchev–Trinajstić information content (AvgIpc) is 3.39. The van der Waals surface area contributed by atoms with E-state index < -0.39 is 36.4 Å². The number of aliphatic hydroxyl groups excluding tert-OH is 1. The molecule has 2 heterocycles. The second-order valence-electron chi connectivity index (χ2n) is 8.72. The number of benzene rings is 1. The second-order valence-corrected chi connectivity index (χ2v) is 9.89. The number of amides is 1. The van der Waals surface area contributed by atoms with Gasteiger partial charge in [-0.05, 0) is 36.5 Å². The predicted molar refractivity (Wildman–Crippen MR) is 132 cm³/mol. The van der Waals surface area contributed by atoms with Crippen molar-refractivity contribution < 1.29 is 28.6 Å². The number of halogens is 2. The van der Waals surface area contributed by atoms with Crippen molar-refractivity contribution in [2.24, 2.45) is 5.92 Å². The number of carboxylic acid groups (broad SMARTS) is 1. The molecule has 0 spiro atoms. The van der Waals surface area contributed by atoms with Gasteiger partial charge in [0.15, 0.2) is 0 Å². The topological polar surface area (TPSA) is 77.8 Å². The Morgan fingerprint density at radius 3 is 2.69 bits per heavy atom. The molecule has 35 heavy (non-hydrogen) atoms. The summed E-state index contributed by atoms with van der Waals surface area (Å²) < 4.78 is 28.3. The van der Waals surface area contributed by atoms with Crippen molar-refractivity contribution in [2.75, 3.05) is 6.54 Å². The molecule has 2 aromatic rings. The summed E-state index contributed by atoms with van der Waals surface area (Å²) in [6.45, 7) is 1.96. The third-order valence-corrected chi connectivity index (χ3v) is 7.07. The molecule has 1 fully saturated rings. The lowest BCUT2D eigenvalue weighted by Crippen LogP contribution is -2.36. The van der Waals surface area contributed by atoms with Crippen LogP contribution in [0.3, 0.4) is 0 Å². The normalized spacial score (nSPS) is 18.9. The maximum Gasteiger partial charge on any atom is 0.345 e. The van der Waals surface area contributed by atoms with Gasteiger partial charge in [-0.15, -0.1) is 17.3 Å². The number of carbonyl (C=O) groups is 2. The first kappa shape index (κ1) is 26.6. The van der Waals surface area contributed by atoms with Crippen molar-refractivity contribution in [1.82, 2.24) is 4.90 Å². The van der Waals surface area contributed by atoms with Crippen LogP contribution in [0.2, 0.25) is 0 Å². The fraction of sp³-hybridized carbons (Fsp3) is 0.407. The van der Waals surface area contributed by atoms with E-state index in [9.17, 15) is 23.5 Å². The summed E-state index contributed by atoms with van der Waals surface area (Å²) in [5, 5.41) is 19.5. The van der Waals surface area contributed by atoms with Gasteiger partial charge in [0, 0.05) is 30.7 Å². The number of carboxylic acids is 1. The number of hydrogen-bond donors (Lipinski definition) is 2. The molecule has 186 valence electrons. The van der Waals surface area contributed by atoms with Crippen LogP contribution in [0.5, 0.6) is 0 Å². The summed E-state index contributed by atoms with van der Waals surface area (Å²) in [5.41, 5.74) is 1.11. The van der Waals surface area contributed by atoms with Crippen LogP contribution in [0.25, 0.3) is 0 Å². The van der Waals surface area contributed by atoms with Gasteiger partial charge in [-0.3, -0.25) is 4.79 Å². The molecule has 0 aliphatic carbocycles. The monoisotopic (exact) mass is 501 g/mol. The molecule has 1 amide bonds. The molecule has 3 atom stereocenters. The van der Waals surface area contributed by atoms with Gasteiger partial charge < -0.3 is 15.1 Å². The van der Waals surface area contributed by atoms with Crippen LogP contribution in [0, 0.1) is 17.8 Å². The molecule has 3 rings (SSSR count). The lowest BCUT2D eigenvalue weighted by atomic mass is 9.99. The first-order valence-corrected chi connectivity index (χ1v) is 12.4. The Morgan fingerprint density at radius 2 is 2.00 bits per heavy atom. The quantitative estimate of drug-likeness (QED) is 0.362. The lowest BCUT2D eigenvalue weighted by molar-refractivity contribution is -0.148. The molecule has 1 saturated heterocycles. The second kappa shape index (κ2) is 12.1. The Labute approximate surface area is 208 Å². The number of aromatic carboxylic acids is 1. The van der Waals surface area contributed by atoms with Crippen LogP contribution in [0.4, 0.5) is 8.78 Å². The van der Waals surface area contributed by atoms with E-state index in [1.165, 1.54) is 18.2 Å². The molecular weight excluding hydrogens is 472 g/mol. The molecule has 0 saturated carbocycles. The molecular formula is C27H29F2NO4S. The first-order valence-electron chi connectivity index (χ1n) is 11.5. The van der Waals surface area contributed by atoms with Gasteiger partial charge in [-0.25, -0.2) is 4.79 Å². The standard InChI is InChI=1S/C27H29F2NO4S/c1-19(8-5-6-11-20-9-3-2-4-10-20)23(31)15-13-21-18-27(28,29)26(34)30(21)17-7-12-22-14-16-24(35-22)25(32)33/h2-4,9-10,13-16,19,21,23,31H,7-8,11-12,17-18H2,1H3,(H,32,33)/t19-,21?,23-/m1/s1. The van der Waals surface area contributed by atoms with E-state index in [-0.39, 0.29) is 17.3 Å². The number of aryl methyl sites for hydroxylation is 1. The highest BCUT2D eigenvalue weighted by Crippen LogP contribution is 2.34. The van der Waals surface area contributed by atoms with Crippen molar-refractivity contribution in [3.8, 4) is 11.8 Å². The Bertz CT molecular complexity index is 1100. The number of likely N-dealkylation sites (tertiary alicyclic amines) is 1. The number of thiophene rings is 1. The summed E-state index contributed by atoms with van der Waals surface area (Å²) in [4.78, 5) is 25.4. The molecule has 0 bridgehead atoms. The maximum absolute atomic E-state index is 14.1. The van der Waals surface area contributed by atoms with E-state index in [0.29, 0.717) is 25.7 Å². The average molecular weight is 502 g/mol. The van der Waals surface area contributed by atoms with E-state index in [4.69, 9.17) is 5.11 Å². The summed E-state index contributed by atoms with van der Waals surface area (Å²) >= 11 is 1.14. The molecule has 8 heteroatoms. The van der Waals surface area contributed by atoms with Gasteiger partial charge in [0.1, 0.15) is 4.88 Å². The van der Waals surface area contributed by atoms with E-state index >= 15 is 0 Å². The lowest BCUT2D eigenvalue weighted by Gasteiger charge is -2.22. The molecule has 1 aliphatic rings. The zero-order valence-electron chi connectivity index (χ0n) is 19.5. The van der Waals surface area contributed by atoms with Gasteiger partial charge >= 0.3 is 11.9 Å². The highest BCUT2D eigenvalue weighted by molar-refractivity contribution is 7.13. The number of hydrogen-bond acceptors (Lipinski definition) is 4. The largest absolute Gasteiger partial charge is 0.477 e. The fourth-order valence-corrected chi connectivity index (χ4v) is 4.75. The number of rotatable bonds is 10. The summed E-state index contributed by atoms with van der Waals surface area (Å²) in [5.74, 6) is 0.301. The smallest absolute Gasteiger partial charge is 0.345 e. The Balaban J connectivity index is 1.53. The minimum Gasteiger partial charge on any atom is -0.477 e. The molecule has 1 aromatic carbocycles. The predicted octanol–water partition coefficient (Wildman–Crippen LogP) is 4.80. The van der Waals surface area contributed by atoms with Crippen molar-refractivity contribution in [3.63, 3.8) is 0 Å². The SMILES string of the molecule is C[C@H](CC#CCc1ccccc1)[C@H](O)C=CC1CC(F)(F)C(=O)N1CCCc1ccc(C(=O)O)s1. The zero-order valence-corrected chi connectivity index (χ0v) is 20.3. The van der Waals surface area contributed by atoms with Gasteiger partial charge in [0.25, 0.3) is 5.91 Å². The van der Waals surface area contributed by atoms with Crippen LogP contribution >= 0.6 is 11.3 Å². The molecule has 1 aromatic heterocycles. The number of aliphatic hydroxyl groups is 1. The minimum absolute atomic E-state index is 0.125. The Hall–Kier alpha value is -3.02. The molecule has 1 aliphatic heterocycles. The van der Waals surface area contributed by atoms with Crippen molar-refractivity contribution in [1.29, 1.82) is 0 Å². The Morgan fingerprint density at radius 1 is 1.26 bits per heavy atom. The Kier molecular flexibility index (Phi) is 9.19. The van der Waals surface area contributed by atoms with Crippen LogP contribution < -0.4 is 0 Å². The van der Waals surface area contributed by atoms with Crippen molar-refractivity contribution >= 4 is 23.2 Å². The molecule has 2 N–H and O–H groups in total. The van der Waals surface area contributed by atoms with Gasteiger partial charge in [0.2, 0.25) is 0 Å². The highest BCUT2D eigenvalue weighted by atomic mass is 32.1. The molecule has 1 unspecified atom stereocenters. The summed E-state index contributed by atoms with van der Waals surface area (Å²) in [6.07, 6.45) is 3.49. The number of nitrogens with zero attached hydrogens (tertiary/aromatic N) is 1. The van der Waals surface area contributed by atoms with E-state index in [2.05, 4.69) is 11.8 Å². The molecule has 5 nitrogen and oxygen atoms in total. The van der Waals surface area contributed by atoms with Crippen LogP contribution in [0.15, 0.2) is 54.6 Å². The van der Waals surface area contributed by atoms with Crippen LogP contribution in [-0.2, 0) is 17.6 Å². The van der Waals surface area contributed by atoms with Crippen LogP contribution in [0.1, 0.15) is 46.3 Å². The molecule has 0 radical (unpaired) electrons. The highest BCUT2D eigenvalue weighted by Gasteiger charge is 2.52. The third kappa shape index (κ3) is 7.48.